The van der Waals surface area contributed by atoms with Gasteiger partial charge in [-0.05, 0) is 54.4 Å². The van der Waals surface area contributed by atoms with Crippen LogP contribution < -0.4 is 5.32 Å². The molecule has 114 valence electrons. The Kier molecular flexibility index (Phi) is 3.15. The maximum atomic E-state index is 12.7. The summed E-state index contributed by atoms with van der Waals surface area (Å²) >= 11 is 3.36. The summed E-state index contributed by atoms with van der Waals surface area (Å²) < 4.78 is 0.939. The summed E-state index contributed by atoms with van der Waals surface area (Å²) in [6.45, 7) is 0. The smallest absolute Gasteiger partial charge is 0.307 e. The van der Waals surface area contributed by atoms with Gasteiger partial charge in [0.1, 0.15) is 0 Å². The topological polar surface area (TPSA) is 66.4 Å². The predicted molar refractivity (Wildman–Crippen MR) is 85.1 cm³/mol. The highest BCUT2D eigenvalue weighted by molar-refractivity contribution is 9.10. The Balaban J connectivity index is 1.60. The molecule has 2 saturated carbocycles. The number of hydrogen-bond donors (Lipinski definition) is 2. The van der Waals surface area contributed by atoms with Gasteiger partial charge in [-0.15, -0.1) is 0 Å². The number of rotatable bonds is 3. The van der Waals surface area contributed by atoms with Crippen molar-refractivity contribution in [1.82, 2.24) is 0 Å². The van der Waals surface area contributed by atoms with Gasteiger partial charge in [-0.25, -0.2) is 0 Å². The fourth-order valence-electron chi connectivity index (χ4n) is 4.33. The van der Waals surface area contributed by atoms with E-state index < -0.39 is 17.8 Å². The van der Waals surface area contributed by atoms with Crippen molar-refractivity contribution in [3.05, 3.63) is 40.9 Å². The molecule has 1 aromatic carbocycles. The maximum absolute atomic E-state index is 12.7. The monoisotopic (exact) mass is 361 g/mol. The molecule has 5 heteroatoms. The third kappa shape index (κ3) is 2.10. The van der Waals surface area contributed by atoms with Crippen LogP contribution in [0.1, 0.15) is 6.42 Å². The quantitative estimate of drug-likeness (QED) is 0.812. The van der Waals surface area contributed by atoms with E-state index in [9.17, 15) is 14.7 Å². The number of amides is 1. The van der Waals surface area contributed by atoms with Gasteiger partial charge in [0.25, 0.3) is 0 Å². The molecule has 0 saturated heterocycles. The number of allylic oxidation sites excluding steroid dienone is 2. The van der Waals surface area contributed by atoms with Crippen LogP contribution in [-0.4, -0.2) is 17.0 Å². The van der Waals surface area contributed by atoms with Crippen LogP contribution in [-0.2, 0) is 9.59 Å². The Bertz CT molecular complexity index is 669. The lowest BCUT2D eigenvalue weighted by Gasteiger charge is -2.41. The number of aliphatic carboxylic acids is 1. The molecule has 4 nitrogen and oxygen atoms in total. The van der Waals surface area contributed by atoms with E-state index in [0.717, 1.165) is 10.9 Å². The van der Waals surface area contributed by atoms with Crippen molar-refractivity contribution in [1.29, 1.82) is 0 Å². The molecule has 4 aliphatic rings. The molecule has 2 N–H and O–H groups in total. The summed E-state index contributed by atoms with van der Waals surface area (Å²) in [5.41, 5.74) is 0.704. The van der Waals surface area contributed by atoms with Gasteiger partial charge < -0.3 is 10.4 Å². The first-order chi connectivity index (χ1) is 10.6. The fraction of sp³-hybridized carbons (Fsp3) is 0.412. The van der Waals surface area contributed by atoms with Crippen LogP contribution in [0.5, 0.6) is 0 Å². The molecular weight excluding hydrogens is 346 g/mol. The van der Waals surface area contributed by atoms with Crippen molar-refractivity contribution < 1.29 is 14.7 Å². The number of carbonyl (C=O) groups is 2. The van der Waals surface area contributed by atoms with Gasteiger partial charge in [-0.1, -0.05) is 28.1 Å². The lowest BCUT2D eigenvalue weighted by Crippen LogP contribution is -2.48. The molecule has 0 spiro atoms. The van der Waals surface area contributed by atoms with Crippen molar-refractivity contribution in [2.24, 2.45) is 35.5 Å². The zero-order chi connectivity index (χ0) is 15.4. The Morgan fingerprint density at radius 1 is 1.05 bits per heavy atom. The summed E-state index contributed by atoms with van der Waals surface area (Å²) in [6, 6.07) is 7.34. The molecule has 5 rings (SSSR count). The minimum Gasteiger partial charge on any atom is -0.481 e. The summed E-state index contributed by atoms with van der Waals surface area (Å²) in [5.74, 6) is -0.979. The van der Waals surface area contributed by atoms with Crippen molar-refractivity contribution in [3.8, 4) is 0 Å². The molecule has 1 amide bonds. The van der Waals surface area contributed by atoms with Crippen molar-refractivity contribution in [2.45, 2.75) is 6.42 Å². The highest BCUT2D eigenvalue weighted by Gasteiger charge is 2.62. The normalized spacial score (nSPS) is 37.5. The minimum atomic E-state index is -0.847. The number of nitrogens with one attached hydrogen (secondary N) is 1. The predicted octanol–water partition coefficient (Wildman–Crippen LogP) is 3.16. The lowest BCUT2D eigenvalue weighted by atomic mass is 9.62. The van der Waals surface area contributed by atoms with E-state index in [1.54, 1.807) is 0 Å². The van der Waals surface area contributed by atoms with Gasteiger partial charge in [0.15, 0.2) is 0 Å². The second-order valence-corrected chi connectivity index (χ2v) is 7.40. The van der Waals surface area contributed by atoms with Gasteiger partial charge in [-0.2, -0.15) is 0 Å². The molecule has 2 fully saturated rings. The van der Waals surface area contributed by atoms with Crippen LogP contribution in [0.4, 0.5) is 5.69 Å². The zero-order valence-electron chi connectivity index (χ0n) is 11.8. The van der Waals surface area contributed by atoms with E-state index in [1.807, 2.05) is 30.3 Å². The highest BCUT2D eigenvalue weighted by atomic mass is 79.9. The molecular formula is C17H16BrNO3. The Hall–Kier alpha value is -1.62. The molecule has 6 unspecified atom stereocenters. The number of carboxylic acid groups (broad SMARTS) is 1. The second-order valence-electron chi connectivity index (χ2n) is 6.49. The maximum Gasteiger partial charge on any atom is 0.307 e. The van der Waals surface area contributed by atoms with E-state index in [2.05, 4.69) is 27.3 Å². The fourth-order valence-corrected chi connectivity index (χ4v) is 4.59. The molecule has 0 aromatic heterocycles. The third-order valence-corrected chi connectivity index (χ3v) is 5.88. The van der Waals surface area contributed by atoms with Gasteiger partial charge in [0.05, 0.1) is 11.8 Å². The van der Waals surface area contributed by atoms with Gasteiger partial charge in [-0.3, -0.25) is 9.59 Å². The van der Waals surface area contributed by atoms with Crippen molar-refractivity contribution in [2.75, 3.05) is 5.32 Å². The molecule has 4 aliphatic carbocycles. The van der Waals surface area contributed by atoms with E-state index >= 15 is 0 Å². The average Bonchev–Trinajstić information content (AvgIpc) is 3.30. The number of anilines is 1. The van der Waals surface area contributed by atoms with Crippen LogP contribution >= 0.6 is 15.9 Å². The number of hydrogen-bond acceptors (Lipinski definition) is 2. The second kappa shape index (κ2) is 4.95. The highest BCUT2D eigenvalue weighted by Crippen LogP contribution is 2.63. The summed E-state index contributed by atoms with van der Waals surface area (Å²) in [7, 11) is 0. The number of carbonyl (C=O) groups excluding carboxylic acids is 1. The first kappa shape index (κ1) is 14.0. The van der Waals surface area contributed by atoms with E-state index in [0.29, 0.717) is 17.5 Å². The Morgan fingerprint density at radius 2 is 1.64 bits per heavy atom. The van der Waals surface area contributed by atoms with Crippen LogP contribution in [0.25, 0.3) is 0 Å². The van der Waals surface area contributed by atoms with Crippen LogP contribution in [0, 0.1) is 35.5 Å². The first-order valence-electron chi connectivity index (χ1n) is 7.54. The Morgan fingerprint density at radius 3 is 2.23 bits per heavy atom. The number of fused-ring (bicyclic) bond motifs is 1. The van der Waals surface area contributed by atoms with Crippen LogP contribution in [0.2, 0.25) is 0 Å². The van der Waals surface area contributed by atoms with Crippen LogP contribution in [0.15, 0.2) is 40.9 Å². The molecule has 2 bridgehead atoms. The lowest BCUT2D eigenvalue weighted by molar-refractivity contribution is -0.152. The number of halogens is 1. The average molecular weight is 362 g/mol. The Labute approximate surface area is 136 Å². The van der Waals surface area contributed by atoms with Crippen molar-refractivity contribution in [3.63, 3.8) is 0 Å². The first-order valence-corrected chi connectivity index (χ1v) is 8.33. The molecule has 0 aliphatic heterocycles. The van der Waals surface area contributed by atoms with E-state index in [-0.39, 0.29) is 17.7 Å². The van der Waals surface area contributed by atoms with E-state index in [4.69, 9.17) is 0 Å². The minimum absolute atomic E-state index is 0.0215. The van der Waals surface area contributed by atoms with Crippen molar-refractivity contribution >= 4 is 33.5 Å². The number of carboxylic acids is 1. The standard InChI is InChI=1S/C17H16BrNO3/c18-8-1-3-9(4-2-8)19-16(20)14-10-5-6-11(13-7-12(10)13)15(14)17(21)22/h1-6,10-15H,7H2,(H,19,20)(H,21,22). The van der Waals surface area contributed by atoms with Gasteiger partial charge in [0.2, 0.25) is 5.91 Å². The van der Waals surface area contributed by atoms with Gasteiger partial charge in [0, 0.05) is 10.2 Å². The van der Waals surface area contributed by atoms with Crippen LogP contribution in [0.3, 0.4) is 0 Å². The largest absolute Gasteiger partial charge is 0.481 e. The molecule has 1 aromatic rings. The molecule has 22 heavy (non-hydrogen) atoms. The molecule has 0 heterocycles. The summed E-state index contributed by atoms with van der Waals surface area (Å²) in [5, 5.41) is 12.5. The molecule has 0 radical (unpaired) electrons. The number of benzene rings is 1. The van der Waals surface area contributed by atoms with Gasteiger partial charge >= 0.3 is 5.97 Å². The summed E-state index contributed by atoms with van der Waals surface area (Å²) in [6.07, 6.45) is 5.17. The van der Waals surface area contributed by atoms with E-state index in [1.165, 1.54) is 0 Å². The molecule has 6 atom stereocenters. The summed E-state index contributed by atoms with van der Waals surface area (Å²) in [4.78, 5) is 24.4. The third-order valence-electron chi connectivity index (χ3n) is 5.35. The SMILES string of the molecule is O=C(O)C1C2C=CC(C3CC23)C1C(=O)Nc1ccc(Br)cc1. The zero-order valence-corrected chi connectivity index (χ0v) is 13.4.